The average molecular weight is 386 g/mol. The Morgan fingerprint density at radius 3 is 2.65 bits per heavy atom. The minimum Gasteiger partial charge on any atom is -0.492 e. The number of hydrogen-bond donors (Lipinski definition) is 2. The minimum atomic E-state index is -1.20. The Balaban J connectivity index is 1.76. The molecular formula is C16H20BrNO5. The van der Waals surface area contributed by atoms with Crippen LogP contribution in [0.4, 0.5) is 0 Å². The van der Waals surface area contributed by atoms with E-state index in [1.165, 1.54) is 0 Å². The highest BCUT2D eigenvalue weighted by atomic mass is 79.9. The normalized spacial score (nSPS) is 16.6. The predicted octanol–water partition coefficient (Wildman–Crippen LogP) is 2.36. The van der Waals surface area contributed by atoms with Crippen LogP contribution in [-0.4, -0.2) is 42.3 Å². The largest absolute Gasteiger partial charge is 0.492 e. The second-order valence-electron chi connectivity index (χ2n) is 5.43. The van der Waals surface area contributed by atoms with Crippen molar-refractivity contribution in [2.24, 2.45) is 0 Å². The fourth-order valence-electron chi connectivity index (χ4n) is 2.42. The molecule has 7 heteroatoms. The van der Waals surface area contributed by atoms with Gasteiger partial charge < -0.3 is 19.9 Å². The minimum absolute atomic E-state index is 0.223. The fourth-order valence-corrected chi connectivity index (χ4v) is 2.82. The average Bonchev–Trinajstić information content (AvgIpc) is 2.54. The number of para-hydroxylation sites is 1. The monoisotopic (exact) mass is 385 g/mol. The molecule has 1 aromatic carbocycles. The molecule has 0 bridgehead atoms. The molecule has 1 heterocycles. The van der Waals surface area contributed by atoms with Crippen molar-refractivity contribution in [1.29, 1.82) is 0 Å². The van der Waals surface area contributed by atoms with Gasteiger partial charge in [-0.15, -0.1) is 0 Å². The van der Waals surface area contributed by atoms with Gasteiger partial charge in [-0.05, 0) is 34.5 Å². The molecule has 1 aromatic rings. The van der Waals surface area contributed by atoms with Crippen molar-refractivity contribution in [3.8, 4) is 5.75 Å². The molecule has 23 heavy (non-hydrogen) atoms. The molecular weight excluding hydrogens is 366 g/mol. The van der Waals surface area contributed by atoms with Gasteiger partial charge in [0, 0.05) is 32.5 Å². The van der Waals surface area contributed by atoms with Gasteiger partial charge in [-0.1, -0.05) is 12.1 Å². The molecule has 0 aliphatic carbocycles. The number of rotatable bonds is 7. The summed E-state index contributed by atoms with van der Waals surface area (Å²) in [6.45, 7) is 1.08. The second-order valence-corrected chi connectivity index (χ2v) is 6.28. The number of aliphatic carboxylic acids is 1. The summed E-state index contributed by atoms with van der Waals surface area (Å²) >= 11 is 3.38. The van der Waals surface area contributed by atoms with Gasteiger partial charge in [-0.2, -0.15) is 0 Å². The molecule has 1 aliphatic rings. The van der Waals surface area contributed by atoms with Crippen LogP contribution in [0.2, 0.25) is 0 Å². The van der Waals surface area contributed by atoms with Crippen molar-refractivity contribution in [2.45, 2.75) is 31.2 Å². The molecule has 2 rings (SSSR count). The van der Waals surface area contributed by atoms with Gasteiger partial charge in [0.05, 0.1) is 11.1 Å². The number of carbonyl (C=O) groups excluding carboxylic acids is 1. The maximum Gasteiger partial charge on any atom is 0.329 e. The molecule has 2 N–H and O–H groups in total. The highest BCUT2D eigenvalue weighted by molar-refractivity contribution is 9.10. The van der Waals surface area contributed by atoms with Crippen LogP contribution >= 0.6 is 15.9 Å². The van der Waals surface area contributed by atoms with E-state index in [9.17, 15) is 14.7 Å². The van der Waals surface area contributed by atoms with Crippen LogP contribution in [0.1, 0.15) is 25.7 Å². The van der Waals surface area contributed by atoms with E-state index in [2.05, 4.69) is 21.2 Å². The number of nitrogens with one attached hydrogen (secondary N) is 1. The number of amides is 1. The van der Waals surface area contributed by atoms with Crippen molar-refractivity contribution in [3.05, 3.63) is 28.7 Å². The highest BCUT2D eigenvalue weighted by Crippen LogP contribution is 2.24. The standard InChI is InChI=1S/C16H20BrNO5/c17-12-4-1-2-5-13(12)23-9-3-6-14(19)18-16(15(20)21)7-10-22-11-8-16/h1-2,4-5H,3,6-11H2,(H,18,19)(H,20,21). The van der Waals surface area contributed by atoms with E-state index in [1.54, 1.807) is 0 Å². The van der Waals surface area contributed by atoms with Gasteiger partial charge in [0.25, 0.3) is 0 Å². The molecule has 0 unspecified atom stereocenters. The van der Waals surface area contributed by atoms with Crippen molar-refractivity contribution in [2.75, 3.05) is 19.8 Å². The van der Waals surface area contributed by atoms with Crippen LogP contribution in [0.15, 0.2) is 28.7 Å². The number of carboxylic acid groups (broad SMARTS) is 1. The third kappa shape index (κ3) is 4.94. The predicted molar refractivity (Wildman–Crippen MR) is 87.4 cm³/mol. The van der Waals surface area contributed by atoms with Crippen molar-refractivity contribution in [1.82, 2.24) is 5.32 Å². The number of carbonyl (C=O) groups is 2. The van der Waals surface area contributed by atoms with E-state index >= 15 is 0 Å². The quantitative estimate of drug-likeness (QED) is 0.703. The van der Waals surface area contributed by atoms with E-state index < -0.39 is 11.5 Å². The lowest BCUT2D eigenvalue weighted by Gasteiger charge is -2.33. The topological polar surface area (TPSA) is 84.9 Å². The summed E-state index contributed by atoms with van der Waals surface area (Å²) in [6, 6.07) is 7.48. The molecule has 0 aromatic heterocycles. The van der Waals surface area contributed by atoms with E-state index in [-0.39, 0.29) is 12.3 Å². The van der Waals surface area contributed by atoms with Gasteiger partial charge >= 0.3 is 5.97 Å². The first kappa shape index (κ1) is 17.7. The summed E-state index contributed by atoms with van der Waals surface area (Å²) in [4.78, 5) is 23.5. The van der Waals surface area contributed by atoms with E-state index in [0.29, 0.717) is 39.1 Å². The summed E-state index contributed by atoms with van der Waals surface area (Å²) in [5.74, 6) is -0.553. The van der Waals surface area contributed by atoms with Crippen molar-refractivity contribution in [3.63, 3.8) is 0 Å². The van der Waals surface area contributed by atoms with Gasteiger partial charge in [0.15, 0.2) is 0 Å². The second kappa shape index (κ2) is 8.31. The number of hydrogen-bond acceptors (Lipinski definition) is 4. The molecule has 0 radical (unpaired) electrons. The zero-order valence-electron chi connectivity index (χ0n) is 12.7. The molecule has 1 amide bonds. The van der Waals surface area contributed by atoms with Crippen LogP contribution in [0.3, 0.4) is 0 Å². The maximum atomic E-state index is 12.0. The molecule has 0 spiro atoms. The van der Waals surface area contributed by atoms with Gasteiger partial charge in [-0.3, -0.25) is 4.79 Å². The molecule has 0 saturated carbocycles. The van der Waals surface area contributed by atoms with Crippen molar-refractivity contribution < 1.29 is 24.2 Å². The first-order valence-corrected chi connectivity index (χ1v) is 8.32. The van der Waals surface area contributed by atoms with Crippen LogP contribution in [0, 0.1) is 0 Å². The third-order valence-corrected chi connectivity index (χ3v) is 4.43. The Kier molecular flexibility index (Phi) is 6.41. The lowest BCUT2D eigenvalue weighted by atomic mass is 9.90. The number of benzene rings is 1. The SMILES string of the molecule is O=C(CCCOc1ccccc1Br)NC1(C(=O)O)CCOCC1. The summed E-state index contributed by atoms with van der Waals surface area (Å²) < 4.78 is 11.6. The zero-order valence-corrected chi connectivity index (χ0v) is 14.3. The van der Waals surface area contributed by atoms with Gasteiger partial charge in [-0.25, -0.2) is 4.79 Å². The molecule has 1 aliphatic heterocycles. The van der Waals surface area contributed by atoms with Crippen LogP contribution in [-0.2, 0) is 14.3 Å². The molecule has 6 nitrogen and oxygen atoms in total. The Morgan fingerprint density at radius 2 is 2.00 bits per heavy atom. The molecule has 0 atom stereocenters. The number of carboxylic acids is 1. The first-order valence-electron chi connectivity index (χ1n) is 7.53. The lowest BCUT2D eigenvalue weighted by Crippen LogP contribution is -2.57. The van der Waals surface area contributed by atoms with Crippen LogP contribution in [0.5, 0.6) is 5.75 Å². The van der Waals surface area contributed by atoms with E-state index in [4.69, 9.17) is 9.47 Å². The Bertz CT molecular complexity index is 557. The summed E-state index contributed by atoms with van der Waals surface area (Å²) in [5, 5.41) is 12.0. The van der Waals surface area contributed by atoms with E-state index in [1.807, 2.05) is 24.3 Å². The first-order chi connectivity index (χ1) is 11.0. The molecule has 1 saturated heterocycles. The molecule has 1 fully saturated rings. The Hall–Kier alpha value is -1.60. The molecule has 126 valence electrons. The Labute approximate surface area is 143 Å². The van der Waals surface area contributed by atoms with Gasteiger partial charge in [0.2, 0.25) is 5.91 Å². The number of halogens is 1. The van der Waals surface area contributed by atoms with Gasteiger partial charge in [0.1, 0.15) is 11.3 Å². The Morgan fingerprint density at radius 1 is 1.30 bits per heavy atom. The highest BCUT2D eigenvalue weighted by Gasteiger charge is 2.41. The summed E-state index contributed by atoms with van der Waals surface area (Å²) in [7, 11) is 0. The van der Waals surface area contributed by atoms with Crippen molar-refractivity contribution >= 4 is 27.8 Å². The van der Waals surface area contributed by atoms with Crippen LogP contribution < -0.4 is 10.1 Å². The summed E-state index contributed by atoms with van der Waals surface area (Å²) in [6.07, 6.45) is 1.32. The maximum absolute atomic E-state index is 12.0. The zero-order chi connectivity index (χ0) is 16.7. The fraction of sp³-hybridized carbons (Fsp3) is 0.500. The van der Waals surface area contributed by atoms with E-state index in [0.717, 1.165) is 10.2 Å². The smallest absolute Gasteiger partial charge is 0.329 e. The summed E-state index contributed by atoms with van der Waals surface area (Å²) in [5.41, 5.74) is -1.20. The third-order valence-electron chi connectivity index (χ3n) is 3.78. The van der Waals surface area contributed by atoms with Crippen LogP contribution in [0.25, 0.3) is 0 Å². The lowest BCUT2D eigenvalue weighted by molar-refractivity contribution is -0.152. The number of ether oxygens (including phenoxy) is 2.